The molecule has 0 aliphatic carbocycles. The van der Waals surface area contributed by atoms with Crippen molar-refractivity contribution in [3.8, 4) is 11.5 Å². The van der Waals surface area contributed by atoms with Gasteiger partial charge < -0.3 is 9.47 Å². The van der Waals surface area contributed by atoms with Crippen LogP contribution in [0, 0.1) is 6.92 Å². The number of nitrogens with zero attached hydrogens (tertiary/aromatic N) is 2. The van der Waals surface area contributed by atoms with E-state index in [0.29, 0.717) is 5.75 Å². The molecule has 130 valence electrons. The van der Waals surface area contributed by atoms with Gasteiger partial charge in [-0.1, -0.05) is 12.1 Å². The van der Waals surface area contributed by atoms with Crippen molar-refractivity contribution in [2.45, 2.75) is 13.3 Å². The van der Waals surface area contributed by atoms with Crippen molar-refractivity contribution in [3.05, 3.63) is 71.7 Å². The normalized spacial score (nSPS) is 11.0. The van der Waals surface area contributed by atoms with Gasteiger partial charge in [0.1, 0.15) is 0 Å². The molecule has 0 fully saturated rings. The van der Waals surface area contributed by atoms with Crippen molar-refractivity contribution in [1.29, 1.82) is 0 Å². The molecule has 4 rings (SSSR count). The molecule has 0 unspecified atom stereocenters. The van der Waals surface area contributed by atoms with Gasteiger partial charge in [0.05, 0.1) is 19.7 Å². The van der Waals surface area contributed by atoms with Gasteiger partial charge in [0.15, 0.2) is 11.5 Å². The molecule has 0 bridgehead atoms. The highest BCUT2D eigenvalue weighted by molar-refractivity contribution is 5.88. The Morgan fingerprint density at radius 2 is 1.65 bits per heavy atom. The van der Waals surface area contributed by atoms with Crippen LogP contribution >= 0.6 is 0 Å². The largest absolute Gasteiger partial charge is 0.493 e. The van der Waals surface area contributed by atoms with Gasteiger partial charge in [0, 0.05) is 28.9 Å². The van der Waals surface area contributed by atoms with Gasteiger partial charge in [-0.25, -0.2) is 0 Å². The summed E-state index contributed by atoms with van der Waals surface area (Å²) < 4.78 is 10.9. The molecule has 2 aromatic heterocycles. The quantitative estimate of drug-likeness (QED) is 0.538. The van der Waals surface area contributed by atoms with E-state index in [9.17, 15) is 0 Å². The number of hydrogen-bond acceptors (Lipinski definition) is 4. The number of aryl methyl sites for hydroxylation is 1. The van der Waals surface area contributed by atoms with Gasteiger partial charge in [-0.3, -0.25) is 9.97 Å². The molecule has 0 aliphatic rings. The predicted octanol–water partition coefficient (Wildman–Crippen LogP) is 4.70. The Morgan fingerprint density at radius 1 is 0.846 bits per heavy atom. The zero-order chi connectivity index (χ0) is 18.1. The van der Waals surface area contributed by atoms with Crippen LogP contribution in [0.4, 0.5) is 0 Å². The average molecular weight is 344 g/mol. The van der Waals surface area contributed by atoms with Gasteiger partial charge in [0.2, 0.25) is 0 Å². The monoisotopic (exact) mass is 344 g/mol. The lowest BCUT2D eigenvalue weighted by Gasteiger charge is -2.12. The summed E-state index contributed by atoms with van der Waals surface area (Å²) in [6.07, 6.45) is 4.57. The molecule has 0 spiro atoms. The fourth-order valence-electron chi connectivity index (χ4n) is 3.30. The van der Waals surface area contributed by atoms with Crippen LogP contribution in [-0.2, 0) is 6.42 Å². The SMILES string of the molecule is COc1cc2cncc(Cc3ccc4nc(C)ccc4c3)c2cc1OC. The third-order valence-electron chi connectivity index (χ3n) is 4.63. The molecule has 2 heterocycles. The lowest BCUT2D eigenvalue weighted by molar-refractivity contribution is 0.356. The highest BCUT2D eigenvalue weighted by Gasteiger charge is 2.10. The Hall–Kier alpha value is -3.14. The van der Waals surface area contributed by atoms with Crippen molar-refractivity contribution in [2.24, 2.45) is 0 Å². The first kappa shape index (κ1) is 16.3. The summed E-state index contributed by atoms with van der Waals surface area (Å²) in [5.41, 5.74) is 4.44. The molecule has 4 heteroatoms. The zero-order valence-corrected chi connectivity index (χ0v) is 15.1. The lowest BCUT2D eigenvalue weighted by Crippen LogP contribution is -1.95. The van der Waals surface area contributed by atoms with Crippen LogP contribution in [0.3, 0.4) is 0 Å². The maximum Gasteiger partial charge on any atom is 0.161 e. The smallest absolute Gasteiger partial charge is 0.161 e. The van der Waals surface area contributed by atoms with E-state index in [4.69, 9.17) is 9.47 Å². The fourth-order valence-corrected chi connectivity index (χ4v) is 3.30. The Balaban J connectivity index is 1.78. The van der Waals surface area contributed by atoms with Gasteiger partial charge in [0.25, 0.3) is 0 Å². The Morgan fingerprint density at radius 3 is 2.46 bits per heavy atom. The molecular weight excluding hydrogens is 324 g/mol. The molecular formula is C22H20N2O2. The van der Waals surface area contributed by atoms with Crippen molar-refractivity contribution in [1.82, 2.24) is 9.97 Å². The Bertz CT molecular complexity index is 1110. The number of hydrogen-bond donors (Lipinski definition) is 0. The molecule has 0 N–H and O–H groups in total. The van der Waals surface area contributed by atoms with Crippen LogP contribution in [0.25, 0.3) is 21.7 Å². The lowest BCUT2D eigenvalue weighted by atomic mass is 9.99. The summed E-state index contributed by atoms with van der Waals surface area (Å²) in [7, 11) is 3.30. The van der Waals surface area contributed by atoms with Crippen molar-refractivity contribution >= 4 is 21.7 Å². The second kappa shape index (κ2) is 6.64. The number of fused-ring (bicyclic) bond motifs is 2. The number of methoxy groups -OCH3 is 2. The highest BCUT2D eigenvalue weighted by atomic mass is 16.5. The van der Waals surface area contributed by atoms with E-state index in [1.165, 1.54) is 5.56 Å². The standard InChI is InChI=1S/C22H20N2O2/c1-14-4-6-16-8-15(5-7-20(16)24-14)9-17-12-23-13-18-10-21(25-2)22(26-3)11-19(17)18/h4-8,10-13H,9H2,1-3H3. The van der Waals surface area contributed by atoms with Crippen LogP contribution in [-0.4, -0.2) is 24.2 Å². The number of aromatic nitrogens is 2. The first-order valence-corrected chi connectivity index (χ1v) is 8.53. The zero-order valence-electron chi connectivity index (χ0n) is 15.1. The minimum atomic E-state index is 0.714. The molecule has 2 aromatic carbocycles. The van der Waals surface area contributed by atoms with E-state index in [1.54, 1.807) is 14.2 Å². The summed E-state index contributed by atoms with van der Waals surface area (Å²) in [5.74, 6) is 1.44. The van der Waals surface area contributed by atoms with E-state index in [1.807, 2.05) is 37.5 Å². The van der Waals surface area contributed by atoms with E-state index >= 15 is 0 Å². The maximum absolute atomic E-state index is 5.46. The van der Waals surface area contributed by atoms with Crippen LogP contribution in [0.2, 0.25) is 0 Å². The minimum absolute atomic E-state index is 0.714. The predicted molar refractivity (Wildman–Crippen MR) is 104 cm³/mol. The van der Waals surface area contributed by atoms with E-state index in [-0.39, 0.29) is 0 Å². The maximum atomic E-state index is 5.46. The summed E-state index contributed by atoms with van der Waals surface area (Å²) in [6, 6.07) is 14.6. The third kappa shape index (κ3) is 2.94. The van der Waals surface area contributed by atoms with Gasteiger partial charge in [-0.05, 0) is 60.2 Å². The number of benzene rings is 2. The molecule has 26 heavy (non-hydrogen) atoms. The summed E-state index contributed by atoms with van der Waals surface area (Å²) in [5, 5.41) is 3.32. The number of ether oxygens (including phenoxy) is 2. The van der Waals surface area contributed by atoms with Gasteiger partial charge in [-0.2, -0.15) is 0 Å². The Labute approximate surface area is 152 Å². The second-order valence-electron chi connectivity index (χ2n) is 6.38. The highest BCUT2D eigenvalue weighted by Crippen LogP contribution is 2.33. The minimum Gasteiger partial charge on any atom is -0.493 e. The van der Waals surface area contributed by atoms with Crippen molar-refractivity contribution in [3.63, 3.8) is 0 Å². The molecule has 0 radical (unpaired) electrons. The van der Waals surface area contributed by atoms with Gasteiger partial charge >= 0.3 is 0 Å². The number of pyridine rings is 2. The van der Waals surface area contributed by atoms with Crippen molar-refractivity contribution < 1.29 is 9.47 Å². The first-order valence-electron chi connectivity index (χ1n) is 8.53. The molecule has 0 atom stereocenters. The molecule has 0 saturated carbocycles. The molecule has 0 amide bonds. The van der Waals surface area contributed by atoms with E-state index < -0.39 is 0 Å². The van der Waals surface area contributed by atoms with Gasteiger partial charge in [-0.15, -0.1) is 0 Å². The average Bonchev–Trinajstić information content (AvgIpc) is 2.67. The third-order valence-corrected chi connectivity index (χ3v) is 4.63. The van der Waals surface area contributed by atoms with Crippen LogP contribution in [0.15, 0.2) is 54.9 Å². The van der Waals surface area contributed by atoms with E-state index in [0.717, 1.165) is 45.1 Å². The molecule has 0 saturated heterocycles. The molecule has 4 nitrogen and oxygen atoms in total. The van der Waals surface area contributed by atoms with E-state index in [2.05, 4.69) is 34.2 Å². The molecule has 0 aliphatic heterocycles. The number of rotatable bonds is 4. The fraction of sp³-hybridized carbons (Fsp3) is 0.182. The van der Waals surface area contributed by atoms with Crippen LogP contribution < -0.4 is 9.47 Å². The summed E-state index contributed by atoms with van der Waals surface area (Å²) in [4.78, 5) is 8.98. The summed E-state index contributed by atoms with van der Waals surface area (Å²) >= 11 is 0. The van der Waals surface area contributed by atoms with Crippen molar-refractivity contribution in [2.75, 3.05) is 14.2 Å². The van der Waals surface area contributed by atoms with Crippen LogP contribution in [0.1, 0.15) is 16.8 Å². The molecule has 4 aromatic rings. The first-order chi connectivity index (χ1) is 12.7. The summed E-state index contributed by atoms with van der Waals surface area (Å²) in [6.45, 7) is 2.01. The van der Waals surface area contributed by atoms with Crippen LogP contribution in [0.5, 0.6) is 11.5 Å². The Kier molecular flexibility index (Phi) is 4.17. The second-order valence-corrected chi connectivity index (χ2v) is 6.38. The topological polar surface area (TPSA) is 44.2 Å².